The molecule has 0 fully saturated rings. The molecule has 1 aromatic heterocycles. The molecular formula is C31H35N3O2. The minimum absolute atomic E-state index is 0.357. The Hall–Kier alpha value is -3.70. The molecule has 4 rings (SSSR count). The van der Waals surface area contributed by atoms with Crippen molar-refractivity contribution in [1.82, 2.24) is 9.55 Å². The summed E-state index contributed by atoms with van der Waals surface area (Å²) in [6, 6.07) is 30.9. The van der Waals surface area contributed by atoms with E-state index in [0.29, 0.717) is 6.42 Å². The number of benzene rings is 3. The summed E-state index contributed by atoms with van der Waals surface area (Å²) in [5, 5.41) is 0. The Morgan fingerprint density at radius 1 is 0.861 bits per heavy atom. The van der Waals surface area contributed by atoms with Gasteiger partial charge in [-0.25, -0.2) is 4.98 Å². The third kappa shape index (κ3) is 5.58. The zero-order valence-electron chi connectivity index (χ0n) is 21.3. The zero-order chi connectivity index (χ0) is 25.6. The summed E-state index contributed by atoms with van der Waals surface area (Å²) in [7, 11) is 0. The van der Waals surface area contributed by atoms with Crippen molar-refractivity contribution in [3.05, 3.63) is 126 Å². The van der Waals surface area contributed by atoms with Crippen molar-refractivity contribution in [3.63, 3.8) is 0 Å². The van der Waals surface area contributed by atoms with Crippen LogP contribution in [-0.4, -0.2) is 27.2 Å². The van der Waals surface area contributed by atoms with Crippen LogP contribution in [0.2, 0.25) is 0 Å². The SMILES string of the molecule is CC(C)(C)OC(=O)[C@@H](N)CCCc1cn(C(c2ccccc2)(c2ccccc2)c2ccccc2)cn1. The molecule has 0 amide bonds. The topological polar surface area (TPSA) is 70.1 Å². The molecule has 1 atom stereocenters. The lowest BCUT2D eigenvalue weighted by molar-refractivity contribution is -0.156. The molecule has 36 heavy (non-hydrogen) atoms. The largest absolute Gasteiger partial charge is 0.459 e. The number of esters is 1. The van der Waals surface area contributed by atoms with Gasteiger partial charge in [-0.15, -0.1) is 0 Å². The maximum absolute atomic E-state index is 12.2. The number of nitrogens with two attached hydrogens (primary N) is 1. The summed E-state index contributed by atoms with van der Waals surface area (Å²) in [4.78, 5) is 17.0. The quantitative estimate of drug-likeness (QED) is 0.245. The van der Waals surface area contributed by atoms with Crippen LogP contribution in [0.4, 0.5) is 0 Å². The van der Waals surface area contributed by atoms with Crippen LogP contribution in [0.1, 0.15) is 56.0 Å². The van der Waals surface area contributed by atoms with Gasteiger partial charge >= 0.3 is 5.97 Å². The van der Waals surface area contributed by atoms with Crippen LogP contribution in [0.15, 0.2) is 104 Å². The molecule has 4 aromatic rings. The monoisotopic (exact) mass is 481 g/mol. The fourth-order valence-electron chi connectivity index (χ4n) is 4.66. The van der Waals surface area contributed by atoms with E-state index in [2.05, 4.69) is 83.6 Å². The van der Waals surface area contributed by atoms with Crippen LogP contribution < -0.4 is 5.73 Å². The van der Waals surface area contributed by atoms with Crippen molar-refractivity contribution in [3.8, 4) is 0 Å². The van der Waals surface area contributed by atoms with Gasteiger partial charge in [0.15, 0.2) is 0 Å². The predicted molar refractivity (Wildman–Crippen MR) is 144 cm³/mol. The van der Waals surface area contributed by atoms with Crippen molar-refractivity contribution in [1.29, 1.82) is 0 Å². The van der Waals surface area contributed by atoms with Crippen LogP contribution in [0.25, 0.3) is 0 Å². The van der Waals surface area contributed by atoms with Gasteiger partial charge in [0, 0.05) is 6.20 Å². The molecular weight excluding hydrogens is 446 g/mol. The molecule has 0 aliphatic heterocycles. The molecule has 0 saturated carbocycles. The highest BCUT2D eigenvalue weighted by Crippen LogP contribution is 2.40. The second-order valence-electron chi connectivity index (χ2n) is 10.1. The first-order valence-electron chi connectivity index (χ1n) is 12.5. The molecule has 2 N–H and O–H groups in total. The van der Waals surface area contributed by atoms with E-state index < -0.39 is 17.2 Å². The molecule has 0 bridgehead atoms. The fourth-order valence-corrected chi connectivity index (χ4v) is 4.66. The molecule has 0 spiro atoms. The third-order valence-electron chi connectivity index (χ3n) is 6.26. The Balaban J connectivity index is 1.65. The number of hydrogen-bond donors (Lipinski definition) is 1. The Kier molecular flexibility index (Phi) is 7.70. The van der Waals surface area contributed by atoms with E-state index in [9.17, 15) is 4.79 Å². The number of aryl methyl sites for hydroxylation is 1. The number of ether oxygens (including phenoxy) is 1. The van der Waals surface area contributed by atoms with Crippen LogP contribution >= 0.6 is 0 Å². The Morgan fingerprint density at radius 3 is 1.78 bits per heavy atom. The average Bonchev–Trinajstić information content (AvgIpc) is 3.34. The van der Waals surface area contributed by atoms with Gasteiger partial charge in [-0.05, 0) is 56.7 Å². The molecule has 5 nitrogen and oxygen atoms in total. The Labute approximate surface area is 214 Å². The molecule has 0 aliphatic rings. The molecule has 186 valence electrons. The standard InChI is InChI=1S/C31H35N3O2/c1-30(2,3)36-29(35)28(32)21-13-20-27-22-34(23-33-27)31(24-14-7-4-8-15-24,25-16-9-5-10-17-25)26-18-11-6-12-19-26/h4-12,14-19,22-23,28H,13,20-21,32H2,1-3H3/t28-/m0/s1. The van der Waals surface area contributed by atoms with Crippen molar-refractivity contribution in [2.24, 2.45) is 5.73 Å². The van der Waals surface area contributed by atoms with Gasteiger partial charge in [-0.3, -0.25) is 4.79 Å². The van der Waals surface area contributed by atoms with E-state index in [1.54, 1.807) is 0 Å². The van der Waals surface area contributed by atoms with E-state index in [4.69, 9.17) is 15.5 Å². The molecule has 0 saturated heterocycles. The lowest BCUT2D eigenvalue weighted by Gasteiger charge is -2.37. The average molecular weight is 482 g/mol. The highest BCUT2D eigenvalue weighted by molar-refractivity contribution is 5.75. The van der Waals surface area contributed by atoms with E-state index in [-0.39, 0.29) is 5.97 Å². The lowest BCUT2D eigenvalue weighted by atomic mass is 9.77. The number of rotatable bonds is 9. The van der Waals surface area contributed by atoms with Gasteiger partial charge < -0.3 is 15.0 Å². The second-order valence-corrected chi connectivity index (χ2v) is 10.1. The molecule has 0 unspecified atom stereocenters. The van der Waals surface area contributed by atoms with E-state index in [0.717, 1.165) is 35.2 Å². The minimum Gasteiger partial charge on any atom is -0.459 e. The maximum atomic E-state index is 12.2. The number of carbonyl (C=O) groups excluding carboxylic acids is 1. The molecule has 0 radical (unpaired) electrons. The summed E-state index contributed by atoms with van der Waals surface area (Å²) in [6.45, 7) is 5.55. The van der Waals surface area contributed by atoms with Gasteiger partial charge in [0.25, 0.3) is 0 Å². The summed E-state index contributed by atoms with van der Waals surface area (Å²) < 4.78 is 7.62. The summed E-state index contributed by atoms with van der Waals surface area (Å²) >= 11 is 0. The highest BCUT2D eigenvalue weighted by Gasteiger charge is 2.38. The number of aromatic nitrogens is 2. The number of carbonyl (C=O) groups is 1. The normalized spacial score (nSPS) is 12.8. The molecule has 3 aromatic carbocycles. The van der Waals surface area contributed by atoms with Crippen molar-refractivity contribution in [2.45, 2.75) is 57.2 Å². The van der Waals surface area contributed by atoms with Crippen LogP contribution in [0.5, 0.6) is 0 Å². The van der Waals surface area contributed by atoms with E-state index >= 15 is 0 Å². The number of imidazole rings is 1. The van der Waals surface area contributed by atoms with E-state index in [1.807, 2.05) is 45.3 Å². The van der Waals surface area contributed by atoms with Crippen LogP contribution in [-0.2, 0) is 21.5 Å². The van der Waals surface area contributed by atoms with Gasteiger partial charge in [0.05, 0.1) is 12.0 Å². The lowest BCUT2D eigenvalue weighted by Crippen LogP contribution is -2.37. The third-order valence-corrected chi connectivity index (χ3v) is 6.26. The highest BCUT2D eigenvalue weighted by atomic mass is 16.6. The predicted octanol–water partition coefficient (Wildman–Crippen LogP) is 5.72. The van der Waals surface area contributed by atoms with Gasteiger partial charge in [-0.1, -0.05) is 91.0 Å². The Bertz CT molecular complexity index is 1150. The van der Waals surface area contributed by atoms with Gasteiger partial charge in [0.2, 0.25) is 0 Å². The van der Waals surface area contributed by atoms with Crippen molar-refractivity contribution in [2.75, 3.05) is 0 Å². The van der Waals surface area contributed by atoms with Gasteiger partial charge in [0.1, 0.15) is 17.2 Å². The second kappa shape index (κ2) is 10.9. The van der Waals surface area contributed by atoms with Gasteiger partial charge in [-0.2, -0.15) is 0 Å². The first kappa shape index (κ1) is 25.4. The fraction of sp³-hybridized carbons (Fsp3) is 0.290. The minimum atomic E-state index is -0.636. The Morgan fingerprint density at radius 2 is 1.33 bits per heavy atom. The molecule has 5 heteroatoms. The summed E-state index contributed by atoms with van der Waals surface area (Å²) in [5.41, 5.74) is 9.38. The zero-order valence-corrected chi connectivity index (χ0v) is 21.3. The van der Waals surface area contributed by atoms with Crippen LogP contribution in [0.3, 0.4) is 0 Å². The summed E-state index contributed by atoms with van der Waals surface area (Å²) in [5.74, 6) is -0.357. The molecule has 1 heterocycles. The van der Waals surface area contributed by atoms with E-state index in [1.165, 1.54) is 0 Å². The first-order chi connectivity index (χ1) is 17.3. The molecule has 0 aliphatic carbocycles. The number of nitrogens with zero attached hydrogens (tertiary/aromatic N) is 2. The first-order valence-corrected chi connectivity index (χ1v) is 12.5. The smallest absolute Gasteiger partial charge is 0.323 e. The summed E-state index contributed by atoms with van der Waals surface area (Å²) in [6.07, 6.45) is 6.04. The van der Waals surface area contributed by atoms with Crippen molar-refractivity contribution >= 4 is 5.97 Å². The van der Waals surface area contributed by atoms with Crippen LogP contribution in [0, 0.1) is 0 Å². The van der Waals surface area contributed by atoms with Crippen molar-refractivity contribution < 1.29 is 9.53 Å². The maximum Gasteiger partial charge on any atom is 0.323 e. The number of hydrogen-bond acceptors (Lipinski definition) is 4.